The van der Waals surface area contributed by atoms with E-state index in [0.29, 0.717) is 18.5 Å². The lowest BCUT2D eigenvalue weighted by molar-refractivity contribution is 0.263. The predicted octanol–water partition coefficient (Wildman–Crippen LogP) is 6.19. The molecule has 1 atom stereocenters. The van der Waals surface area contributed by atoms with E-state index < -0.39 is 0 Å². The summed E-state index contributed by atoms with van der Waals surface area (Å²) in [5, 5.41) is 9.10. The number of phenols is 1. The highest BCUT2D eigenvalue weighted by Gasteiger charge is 2.22. The number of aromatic hydroxyl groups is 1. The summed E-state index contributed by atoms with van der Waals surface area (Å²) >= 11 is 0. The number of benzene rings is 4. The summed E-state index contributed by atoms with van der Waals surface area (Å²) in [6.45, 7) is 1.49. The van der Waals surface area contributed by atoms with E-state index in [0.717, 1.165) is 17.9 Å². The molecule has 1 aliphatic rings. The Kier molecular flexibility index (Phi) is 6.43. The van der Waals surface area contributed by atoms with Crippen LogP contribution in [0.3, 0.4) is 0 Å². The number of hydrogen-bond acceptors (Lipinski definition) is 3. The predicted molar refractivity (Wildman–Crippen MR) is 121 cm³/mol. The van der Waals surface area contributed by atoms with Crippen LogP contribution in [-0.4, -0.2) is 24.4 Å². The zero-order valence-corrected chi connectivity index (χ0v) is 16.6. The Labute approximate surface area is 177 Å². The minimum atomic E-state index is 0.305. The lowest BCUT2D eigenvalue weighted by atomic mass is 10.1. The molecule has 5 rings (SSSR count). The SMILES string of the molecule is Oc1ccc(-c2ccccc2)cc1.c1ccc(-c2ccc(OCC3CO3)cc2)cc1. The fourth-order valence-electron chi connectivity index (χ4n) is 3.01. The number of ether oxygens (including phenoxy) is 2. The Bertz CT molecular complexity index is 1020. The van der Waals surface area contributed by atoms with Crippen molar-refractivity contribution in [1.82, 2.24) is 0 Å². The first-order valence-electron chi connectivity index (χ1n) is 10.0. The minimum absolute atomic E-state index is 0.305. The quantitative estimate of drug-likeness (QED) is 0.409. The molecule has 0 aliphatic carbocycles. The van der Waals surface area contributed by atoms with E-state index in [-0.39, 0.29) is 0 Å². The second-order valence-corrected chi connectivity index (χ2v) is 7.07. The first kappa shape index (κ1) is 19.7. The van der Waals surface area contributed by atoms with Gasteiger partial charge in [-0.05, 0) is 46.5 Å². The molecule has 0 saturated carbocycles. The number of epoxide rings is 1. The lowest BCUT2D eigenvalue weighted by Crippen LogP contribution is -2.03. The summed E-state index contributed by atoms with van der Waals surface area (Å²) in [7, 11) is 0. The number of hydrogen-bond donors (Lipinski definition) is 1. The second-order valence-electron chi connectivity index (χ2n) is 7.07. The van der Waals surface area contributed by atoms with Crippen molar-refractivity contribution >= 4 is 0 Å². The fourth-order valence-corrected chi connectivity index (χ4v) is 3.01. The molecule has 1 unspecified atom stereocenters. The molecule has 0 aromatic heterocycles. The van der Waals surface area contributed by atoms with Crippen molar-refractivity contribution in [3.8, 4) is 33.8 Å². The Morgan fingerprint density at radius 2 is 1.07 bits per heavy atom. The van der Waals surface area contributed by atoms with Crippen LogP contribution in [0.5, 0.6) is 11.5 Å². The Balaban J connectivity index is 0.000000151. The maximum atomic E-state index is 9.10. The van der Waals surface area contributed by atoms with Gasteiger partial charge in [-0.3, -0.25) is 0 Å². The van der Waals surface area contributed by atoms with Gasteiger partial charge in [0.2, 0.25) is 0 Å². The van der Waals surface area contributed by atoms with Crippen molar-refractivity contribution in [2.24, 2.45) is 0 Å². The van der Waals surface area contributed by atoms with Crippen LogP contribution in [0.25, 0.3) is 22.3 Å². The Hall–Kier alpha value is -3.56. The fraction of sp³-hybridized carbons (Fsp3) is 0.111. The molecule has 1 saturated heterocycles. The molecule has 1 N–H and O–H groups in total. The molecule has 3 heteroatoms. The van der Waals surface area contributed by atoms with E-state index >= 15 is 0 Å². The van der Waals surface area contributed by atoms with E-state index in [1.807, 2.05) is 72.8 Å². The van der Waals surface area contributed by atoms with E-state index in [1.165, 1.54) is 16.7 Å². The average molecular weight is 396 g/mol. The van der Waals surface area contributed by atoms with Gasteiger partial charge in [0.25, 0.3) is 0 Å². The first-order valence-corrected chi connectivity index (χ1v) is 10.0. The van der Waals surface area contributed by atoms with Crippen molar-refractivity contribution in [2.75, 3.05) is 13.2 Å². The van der Waals surface area contributed by atoms with Crippen LogP contribution in [0.4, 0.5) is 0 Å². The molecule has 1 heterocycles. The third kappa shape index (κ3) is 5.72. The molecule has 4 aromatic carbocycles. The van der Waals surface area contributed by atoms with Crippen molar-refractivity contribution in [2.45, 2.75) is 6.10 Å². The highest BCUT2D eigenvalue weighted by Crippen LogP contribution is 2.23. The summed E-state index contributed by atoms with van der Waals surface area (Å²) in [6.07, 6.45) is 0.309. The smallest absolute Gasteiger partial charge is 0.119 e. The van der Waals surface area contributed by atoms with Gasteiger partial charge in [-0.25, -0.2) is 0 Å². The number of rotatable bonds is 5. The molecule has 0 bridgehead atoms. The number of phenolic OH excluding ortho intramolecular Hbond substituents is 1. The molecule has 0 spiro atoms. The minimum Gasteiger partial charge on any atom is -0.508 e. The van der Waals surface area contributed by atoms with Crippen LogP contribution in [0.15, 0.2) is 109 Å². The van der Waals surface area contributed by atoms with Crippen molar-refractivity contribution in [1.29, 1.82) is 0 Å². The highest BCUT2D eigenvalue weighted by atomic mass is 16.6. The van der Waals surface area contributed by atoms with Gasteiger partial charge in [0.05, 0.1) is 6.61 Å². The standard InChI is InChI=1S/C15H14O2.C12H10O/c1-2-4-12(5-3-1)13-6-8-14(9-7-13)16-10-15-11-17-15;13-12-8-6-11(7-9-12)10-4-2-1-3-5-10/h1-9,15H,10-11H2;1-9,13H. The normalized spacial score (nSPS) is 14.3. The van der Waals surface area contributed by atoms with Gasteiger partial charge >= 0.3 is 0 Å². The third-order valence-electron chi connectivity index (χ3n) is 4.77. The monoisotopic (exact) mass is 396 g/mol. The summed E-state index contributed by atoms with van der Waals surface area (Å²) in [4.78, 5) is 0. The molecular weight excluding hydrogens is 372 g/mol. The molecule has 0 radical (unpaired) electrons. The maximum Gasteiger partial charge on any atom is 0.119 e. The molecule has 4 aromatic rings. The molecular formula is C27H24O3. The molecule has 0 amide bonds. The lowest BCUT2D eigenvalue weighted by Gasteiger charge is -2.05. The van der Waals surface area contributed by atoms with Crippen LogP contribution in [0.2, 0.25) is 0 Å². The van der Waals surface area contributed by atoms with E-state index in [2.05, 4.69) is 24.3 Å². The van der Waals surface area contributed by atoms with Crippen molar-refractivity contribution in [3.05, 3.63) is 109 Å². The van der Waals surface area contributed by atoms with Crippen LogP contribution in [-0.2, 0) is 4.74 Å². The molecule has 1 fully saturated rings. The first-order chi connectivity index (χ1) is 14.8. The van der Waals surface area contributed by atoms with E-state index in [9.17, 15) is 0 Å². The highest BCUT2D eigenvalue weighted by molar-refractivity contribution is 5.64. The van der Waals surface area contributed by atoms with Crippen molar-refractivity contribution in [3.63, 3.8) is 0 Å². The van der Waals surface area contributed by atoms with E-state index in [1.54, 1.807) is 12.1 Å². The maximum absolute atomic E-state index is 9.10. The topological polar surface area (TPSA) is 42.0 Å². The van der Waals surface area contributed by atoms with E-state index in [4.69, 9.17) is 14.6 Å². The molecule has 1 aliphatic heterocycles. The van der Waals surface area contributed by atoms with Crippen LogP contribution < -0.4 is 4.74 Å². The summed E-state index contributed by atoms with van der Waals surface area (Å²) < 4.78 is 10.7. The zero-order valence-electron chi connectivity index (χ0n) is 16.6. The Morgan fingerprint density at radius 3 is 1.53 bits per heavy atom. The van der Waals surface area contributed by atoms with Gasteiger partial charge in [-0.2, -0.15) is 0 Å². The van der Waals surface area contributed by atoms with Gasteiger partial charge in [-0.15, -0.1) is 0 Å². The summed E-state index contributed by atoms with van der Waals surface area (Å²) in [5.41, 5.74) is 4.73. The Morgan fingerprint density at radius 1 is 0.633 bits per heavy atom. The van der Waals surface area contributed by atoms with Crippen LogP contribution >= 0.6 is 0 Å². The summed E-state index contributed by atoms with van der Waals surface area (Å²) in [6, 6.07) is 35.8. The summed E-state index contributed by atoms with van der Waals surface area (Å²) in [5.74, 6) is 1.21. The average Bonchev–Trinajstić information content (AvgIpc) is 3.65. The van der Waals surface area contributed by atoms with Gasteiger partial charge < -0.3 is 14.6 Å². The third-order valence-corrected chi connectivity index (χ3v) is 4.77. The molecule has 30 heavy (non-hydrogen) atoms. The van der Waals surface area contributed by atoms with Gasteiger partial charge in [0.15, 0.2) is 0 Å². The second kappa shape index (κ2) is 9.77. The zero-order chi connectivity index (χ0) is 20.6. The van der Waals surface area contributed by atoms with Gasteiger partial charge in [-0.1, -0.05) is 84.9 Å². The van der Waals surface area contributed by atoms with Gasteiger partial charge in [0.1, 0.15) is 24.2 Å². The van der Waals surface area contributed by atoms with Crippen LogP contribution in [0.1, 0.15) is 0 Å². The molecule has 150 valence electrons. The molecule has 3 nitrogen and oxygen atoms in total. The largest absolute Gasteiger partial charge is 0.508 e. The van der Waals surface area contributed by atoms with Gasteiger partial charge in [0, 0.05) is 0 Å². The van der Waals surface area contributed by atoms with Crippen molar-refractivity contribution < 1.29 is 14.6 Å². The van der Waals surface area contributed by atoms with Crippen LogP contribution in [0, 0.1) is 0 Å².